The van der Waals surface area contributed by atoms with E-state index in [0.29, 0.717) is 13.2 Å². The fourth-order valence-corrected chi connectivity index (χ4v) is 2.73. The van der Waals surface area contributed by atoms with E-state index < -0.39 is 0 Å². The highest BCUT2D eigenvalue weighted by molar-refractivity contribution is 5.74. The number of ether oxygens (including phenoxy) is 1. The molecule has 2 aromatic rings. The van der Waals surface area contributed by atoms with Gasteiger partial charge in [0.1, 0.15) is 6.10 Å². The summed E-state index contributed by atoms with van der Waals surface area (Å²) in [5, 5.41) is 14.2. The van der Waals surface area contributed by atoms with Gasteiger partial charge in [0.05, 0.1) is 24.5 Å². The highest BCUT2D eigenvalue weighted by Crippen LogP contribution is 2.28. The van der Waals surface area contributed by atoms with Gasteiger partial charge in [0, 0.05) is 38.2 Å². The number of urea groups is 1. The number of nitrogens with one attached hydrogen (secondary N) is 2. The lowest BCUT2D eigenvalue weighted by Gasteiger charge is -2.19. The number of carbonyl (C=O) groups is 1. The van der Waals surface area contributed by atoms with Gasteiger partial charge in [-0.15, -0.1) is 0 Å². The van der Waals surface area contributed by atoms with Crippen molar-refractivity contribution in [2.45, 2.75) is 38.6 Å². The van der Waals surface area contributed by atoms with Crippen molar-refractivity contribution in [3.8, 4) is 0 Å². The predicted octanol–water partition coefficient (Wildman–Crippen LogP) is 0.966. The van der Waals surface area contributed by atoms with Crippen molar-refractivity contribution in [2.24, 2.45) is 7.05 Å². The molecular formula is C15H22N6O2. The zero-order valence-corrected chi connectivity index (χ0v) is 13.4. The second kappa shape index (κ2) is 6.82. The van der Waals surface area contributed by atoms with Crippen molar-refractivity contribution in [3.05, 3.63) is 35.9 Å². The molecule has 0 spiro atoms. The Morgan fingerprint density at radius 1 is 1.48 bits per heavy atom. The van der Waals surface area contributed by atoms with Gasteiger partial charge < -0.3 is 15.4 Å². The van der Waals surface area contributed by atoms with Crippen molar-refractivity contribution < 1.29 is 9.53 Å². The van der Waals surface area contributed by atoms with Crippen LogP contribution in [0.15, 0.2) is 24.7 Å². The Hall–Kier alpha value is -2.35. The third kappa shape index (κ3) is 3.53. The average Bonchev–Trinajstić information content (AvgIpc) is 3.25. The minimum Gasteiger partial charge on any atom is -0.371 e. The van der Waals surface area contributed by atoms with E-state index in [4.69, 9.17) is 4.74 Å². The van der Waals surface area contributed by atoms with Crippen LogP contribution in [0.1, 0.15) is 30.7 Å². The molecule has 3 rings (SSSR count). The Bertz CT molecular complexity index is 664. The molecule has 1 saturated heterocycles. The van der Waals surface area contributed by atoms with Gasteiger partial charge in [0.2, 0.25) is 0 Å². The van der Waals surface area contributed by atoms with Crippen LogP contribution in [-0.4, -0.2) is 38.2 Å². The topological polar surface area (TPSA) is 86.0 Å². The summed E-state index contributed by atoms with van der Waals surface area (Å²) >= 11 is 0. The van der Waals surface area contributed by atoms with Crippen LogP contribution in [0.2, 0.25) is 0 Å². The van der Waals surface area contributed by atoms with Gasteiger partial charge in [0.15, 0.2) is 0 Å². The monoisotopic (exact) mass is 318 g/mol. The van der Waals surface area contributed by atoms with Gasteiger partial charge in [-0.25, -0.2) is 4.79 Å². The minimum absolute atomic E-state index is 0.0453. The molecule has 23 heavy (non-hydrogen) atoms. The van der Waals surface area contributed by atoms with E-state index in [1.807, 2.05) is 37.1 Å². The maximum Gasteiger partial charge on any atom is 0.315 e. The molecule has 8 heteroatoms. The first-order valence-corrected chi connectivity index (χ1v) is 7.82. The largest absolute Gasteiger partial charge is 0.371 e. The molecular weight excluding hydrogens is 296 g/mol. The minimum atomic E-state index is -0.199. The number of hydrogen-bond donors (Lipinski definition) is 2. The number of hydrogen-bond acceptors (Lipinski definition) is 4. The summed E-state index contributed by atoms with van der Waals surface area (Å²) in [5.74, 6) is 0. The van der Waals surface area contributed by atoms with Crippen molar-refractivity contribution in [3.63, 3.8) is 0 Å². The van der Waals surface area contributed by atoms with E-state index in [2.05, 4.69) is 20.8 Å². The van der Waals surface area contributed by atoms with E-state index in [1.54, 1.807) is 10.9 Å². The van der Waals surface area contributed by atoms with Crippen LogP contribution in [-0.2, 0) is 24.9 Å². The van der Waals surface area contributed by atoms with Crippen LogP contribution in [0.25, 0.3) is 0 Å². The zero-order chi connectivity index (χ0) is 16.2. The molecule has 1 aliphatic rings. The first-order chi connectivity index (χ1) is 11.2. The molecule has 0 radical (unpaired) electrons. The second-order valence-electron chi connectivity index (χ2n) is 5.59. The quantitative estimate of drug-likeness (QED) is 0.860. The van der Waals surface area contributed by atoms with Gasteiger partial charge in [-0.3, -0.25) is 9.36 Å². The first-order valence-electron chi connectivity index (χ1n) is 7.82. The number of rotatable bonds is 5. The number of nitrogens with zero attached hydrogens (tertiary/aromatic N) is 4. The van der Waals surface area contributed by atoms with Crippen LogP contribution in [0.3, 0.4) is 0 Å². The second-order valence-corrected chi connectivity index (χ2v) is 5.59. The fraction of sp³-hybridized carbons (Fsp3) is 0.533. The standard InChI is InChI=1S/C15H22N6O2/c1-3-21-10-11(8-18-21)14-13(5-7-23-14)19-15(22)16-9-12-4-6-17-20(12)2/h4,6,8,10,13-14H,3,5,7,9H2,1-2H3,(H2,16,19,22)/t13-,14+/m0/s1. The molecule has 2 amide bonds. The molecule has 1 aliphatic heterocycles. The SMILES string of the molecule is CCn1cc([C@H]2OCC[C@@H]2NC(=O)NCc2ccnn2C)cn1. The Kier molecular flexibility index (Phi) is 4.61. The lowest BCUT2D eigenvalue weighted by atomic mass is 10.1. The molecule has 0 aromatic carbocycles. The third-order valence-corrected chi connectivity index (χ3v) is 4.07. The maximum atomic E-state index is 12.1. The van der Waals surface area contributed by atoms with E-state index in [9.17, 15) is 4.79 Å². The van der Waals surface area contributed by atoms with Crippen LogP contribution in [0.4, 0.5) is 4.79 Å². The van der Waals surface area contributed by atoms with Gasteiger partial charge in [-0.2, -0.15) is 10.2 Å². The molecule has 3 heterocycles. The van der Waals surface area contributed by atoms with Gasteiger partial charge in [-0.1, -0.05) is 0 Å². The number of aryl methyl sites for hydroxylation is 2. The van der Waals surface area contributed by atoms with Crippen molar-refractivity contribution >= 4 is 6.03 Å². The summed E-state index contributed by atoms with van der Waals surface area (Å²) in [7, 11) is 1.85. The highest BCUT2D eigenvalue weighted by Gasteiger charge is 2.31. The zero-order valence-electron chi connectivity index (χ0n) is 13.4. The highest BCUT2D eigenvalue weighted by atomic mass is 16.5. The van der Waals surface area contributed by atoms with E-state index in [1.165, 1.54) is 0 Å². The lowest BCUT2D eigenvalue weighted by Crippen LogP contribution is -2.43. The number of aromatic nitrogens is 4. The Morgan fingerprint density at radius 3 is 3.04 bits per heavy atom. The summed E-state index contributed by atoms with van der Waals surface area (Å²) in [5.41, 5.74) is 1.95. The van der Waals surface area contributed by atoms with E-state index in [0.717, 1.165) is 24.2 Å². The number of amides is 2. The molecule has 124 valence electrons. The van der Waals surface area contributed by atoms with Crippen LogP contribution in [0.5, 0.6) is 0 Å². The van der Waals surface area contributed by atoms with E-state index >= 15 is 0 Å². The van der Waals surface area contributed by atoms with Crippen molar-refractivity contribution in [1.29, 1.82) is 0 Å². The fourth-order valence-electron chi connectivity index (χ4n) is 2.73. The van der Waals surface area contributed by atoms with Crippen molar-refractivity contribution in [2.75, 3.05) is 6.61 Å². The Morgan fingerprint density at radius 2 is 2.35 bits per heavy atom. The van der Waals surface area contributed by atoms with Crippen LogP contribution in [0, 0.1) is 0 Å². The molecule has 0 aliphatic carbocycles. The Labute approximate surface area is 134 Å². The third-order valence-electron chi connectivity index (χ3n) is 4.07. The molecule has 1 fully saturated rings. The maximum absolute atomic E-state index is 12.1. The smallest absolute Gasteiger partial charge is 0.315 e. The summed E-state index contributed by atoms with van der Waals surface area (Å²) in [6.45, 7) is 3.92. The lowest BCUT2D eigenvalue weighted by molar-refractivity contribution is 0.0998. The van der Waals surface area contributed by atoms with Gasteiger partial charge >= 0.3 is 6.03 Å². The van der Waals surface area contributed by atoms with Gasteiger partial charge in [0.25, 0.3) is 0 Å². The molecule has 0 bridgehead atoms. The average molecular weight is 318 g/mol. The van der Waals surface area contributed by atoms with Crippen molar-refractivity contribution in [1.82, 2.24) is 30.2 Å². The van der Waals surface area contributed by atoms with Gasteiger partial charge in [-0.05, 0) is 19.4 Å². The molecule has 2 aromatic heterocycles. The molecule has 2 N–H and O–H groups in total. The number of carbonyl (C=O) groups excluding carboxylic acids is 1. The molecule has 0 saturated carbocycles. The normalized spacial score (nSPS) is 20.6. The predicted molar refractivity (Wildman–Crippen MR) is 83.6 cm³/mol. The molecule has 2 atom stereocenters. The van der Waals surface area contributed by atoms with Crippen LogP contribution < -0.4 is 10.6 Å². The van der Waals surface area contributed by atoms with E-state index in [-0.39, 0.29) is 18.2 Å². The first kappa shape index (κ1) is 15.5. The summed E-state index contributed by atoms with van der Waals surface area (Å²) in [6.07, 6.45) is 6.14. The van der Waals surface area contributed by atoms with Crippen LogP contribution >= 0.6 is 0 Å². The summed E-state index contributed by atoms with van der Waals surface area (Å²) in [4.78, 5) is 12.1. The molecule has 8 nitrogen and oxygen atoms in total. The molecule has 0 unspecified atom stereocenters. The summed E-state index contributed by atoms with van der Waals surface area (Å²) < 4.78 is 9.36. The Balaban J connectivity index is 1.55. The summed E-state index contributed by atoms with van der Waals surface area (Å²) in [6, 6.07) is 1.63.